The van der Waals surface area contributed by atoms with Crippen molar-refractivity contribution in [1.82, 2.24) is 4.98 Å². The third-order valence-electron chi connectivity index (χ3n) is 3.49. The number of carbonyl (C=O) groups is 1. The number of anilines is 1. The Morgan fingerprint density at radius 3 is 2.48 bits per heavy atom. The number of rotatable bonds is 5. The maximum atomic E-state index is 11.1. The van der Waals surface area contributed by atoms with E-state index in [-0.39, 0.29) is 0 Å². The lowest BCUT2D eigenvalue weighted by molar-refractivity contribution is 0.112. The highest BCUT2D eigenvalue weighted by Crippen LogP contribution is 2.26. The summed E-state index contributed by atoms with van der Waals surface area (Å²) in [7, 11) is 1.65. The van der Waals surface area contributed by atoms with Gasteiger partial charge < -0.3 is 15.0 Å². The smallest absolute Gasteiger partial charge is 0.166 e. The molecule has 0 unspecified atom stereocenters. The molecule has 4 nitrogen and oxygen atoms in total. The van der Waals surface area contributed by atoms with Crippen molar-refractivity contribution in [3.63, 3.8) is 0 Å². The average molecular weight is 280 g/mol. The Morgan fingerprint density at radius 1 is 1.10 bits per heavy atom. The topological polar surface area (TPSA) is 54.1 Å². The molecule has 0 spiro atoms. The zero-order valence-corrected chi connectivity index (χ0v) is 11.7. The van der Waals surface area contributed by atoms with Crippen LogP contribution in [0.2, 0.25) is 0 Å². The van der Waals surface area contributed by atoms with E-state index in [4.69, 9.17) is 4.74 Å². The third-order valence-corrected chi connectivity index (χ3v) is 3.49. The minimum Gasteiger partial charge on any atom is -0.497 e. The van der Waals surface area contributed by atoms with Crippen molar-refractivity contribution in [1.29, 1.82) is 0 Å². The van der Waals surface area contributed by atoms with Crippen molar-refractivity contribution in [3.8, 4) is 5.75 Å². The summed E-state index contributed by atoms with van der Waals surface area (Å²) < 4.78 is 5.14. The fourth-order valence-corrected chi connectivity index (χ4v) is 2.37. The highest BCUT2D eigenvalue weighted by atomic mass is 16.5. The molecule has 0 aliphatic carbocycles. The number of aldehydes is 1. The minimum atomic E-state index is 0.600. The van der Waals surface area contributed by atoms with Gasteiger partial charge in [0.05, 0.1) is 12.8 Å². The molecule has 0 fully saturated rings. The maximum Gasteiger partial charge on any atom is 0.166 e. The second kappa shape index (κ2) is 5.71. The zero-order valence-electron chi connectivity index (χ0n) is 11.7. The van der Waals surface area contributed by atoms with Crippen LogP contribution in [0.3, 0.4) is 0 Å². The van der Waals surface area contributed by atoms with Crippen molar-refractivity contribution in [3.05, 3.63) is 59.8 Å². The van der Waals surface area contributed by atoms with Crippen LogP contribution in [-0.2, 0) is 6.54 Å². The summed E-state index contributed by atoms with van der Waals surface area (Å²) >= 11 is 0. The summed E-state index contributed by atoms with van der Waals surface area (Å²) in [5.41, 5.74) is 1.74. The van der Waals surface area contributed by atoms with Crippen LogP contribution >= 0.6 is 0 Å². The molecule has 21 heavy (non-hydrogen) atoms. The van der Waals surface area contributed by atoms with Gasteiger partial charge in [0.1, 0.15) is 11.6 Å². The van der Waals surface area contributed by atoms with E-state index in [0.29, 0.717) is 12.2 Å². The number of aromatic nitrogens is 1. The number of hydrogen-bond donors (Lipinski definition) is 2. The summed E-state index contributed by atoms with van der Waals surface area (Å²) in [5, 5.41) is 5.30. The first kappa shape index (κ1) is 13.2. The molecule has 1 aromatic heterocycles. The molecule has 0 aliphatic rings. The molecule has 0 amide bonds. The Balaban J connectivity index is 1.83. The van der Waals surface area contributed by atoms with Crippen LogP contribution in [0.15, 0.2) is 48.5 Å². The highest BCUT2D eigenvalue weighted by Gasteiger charge is 2.08. The molecular formula is C17H16N2O2. The van der Waals surface area contributed by atoms with Crippen molar-refractivity contribution in [2.45, 2.75) is 6.54 Å². The van der Waals surface area contributed by atoms with Crippen molar-refractivity contribution in [2.24, 2.45) is 0 Å². The number of nitrogens with one attached hydrogen (secondary N) is 2. The molecule has 0 bridgehead atoms. The Morgan fingerprint density at radius 2 is 1.81 bits per heavy atom. The van der Waals surface area contributed by atoms with Gasteiger partial charge in [0.15, 0.2) is 6.29 Å². The average Bonchev–Trinajstić information content (AvgIpc) is 2.91. The SMILES string of the molecule is COc1ccc(CNc2[nH]c(C=O)c3ccccc23)cc1. The van der Waals surface area contributed by atoms with Gasteiger partial charge in [0.25, 0.3) is 0 Å². The molecule has 0 radical (unpaired) electrons. The Kier molecular flexibility index (Phi) is 3.60. The molecule has 0 atom stereocenters. The lowest BCUT2D eigenvalue weighted by Gasteiger charge is -2.06. The molecule has 2 N–H and O–H groups in total. The van der Waals surface area contributed by atoms with E-state index in [0.717, 1.165) is 34.2 Å². The predicted octanol–water partition coefficient (Wildman–Crippen LogP) is 3.60. The third kappa shape index (κ3) is 2.60. The zero-order chi connectivity index (χ0) is 14.7. The first-order chi connectivity index (χ1) is 10.3. The van der Waals surface area contributed by atoms with E-state index < -0.39 is 0 Å². The molecule has 0 saturated carbocycles. The molecule has 0 saturated heterocycles. The standard InChI is InChI=1S/C17H16N2O2/c1-21-13-8-6-12(7-9-13)10-18-17-15-5-3-2-4-14(15)16(11-20)19-17/h2-9,11,18-19H,10H2,1H3. The molecule has 3 rings (SSSR count). The van der Waals surface area contributed by atoms with Crippen LogP contribution in [0.25, 0.3) is 10.8 Å². The van der Waals surface area contributed by atoms with Crippen LogP contribution < -0.4 is 10.1 Å². The van der Waals surface area contributed by atoms with Gasteiger partial charge in [-0.3, -0.25) is 4.79 Å². The molecule has 3 aromatic rings. The van der Waals surface area contributed by atoms with Gasteiger partial charge in [-0.25, -0.2) is 0 Å². The molecule has 1 heterocycles. The van der Waals surface area contributed by atoms with Gasteiger partial charge in [0.2, 0.25) is 0 Å². The monoisotopic (exact) mass is 280 g/mol. The minimum absolute atomic E-state index is 0.600. The van der Waals surface area contributed by atoms with Gasteiger partial charge in [-0.2, -0.15) is 0 Å². The second-order valence-corrected chi connectivity index (χ2v) is 4.78. The van der Waals surface area contributed by atoms with Gasteiger partial charge in [-0.05, 0) is 17.7 Å². The van der Waals surface area contributed by atoms with E-state index in [1.165, 1.54) is 0 Å². The van der Waals surface area contributed by atoms with Gasteiger partial charge >= 0.3 is 0 Å². The number of fused-ring (bicyclic) bond motifs is 1. The van der Waals surface area contributed by atoms with Crippen molar-refractivity contribution < 1.29 is 9.53 Å². The number of ether oxygens (including phenoxy) is 1. The van der Waals surface area contributed by atoms with Crippen molar-refractivity contribution >= 4 is 22.9 Å². The number of carbonyl (C=O) groups excluding carboxylic acids is 1. The van der Waals surface area contributed by atoms with E-state index in [1.807, 2.05) is 48.5 Å². The predicted molar refractivity (Wildman–Crippen MR) is 84.0 cm³/mol. The number of methoxy groups -OCH3 is 1. The van der Waals surface area contributed by atoms with Crippen LogP contribution in [0, 0.1) is 0 Å². The van der Waals surface area contributed by atoms with E-state index >= 15 is 0 Å². The number of H-pyrrole nitrogens is 1. The van der Waals surface area contributed by atoms with E-state index in [9.17, 15) is 4.79 Å². The lowest BCUT2D eigenvalue weighted by Crippen LogP contribution is -2.00. The Labute approximate surface area is 122 Å². The summed E-state index contributed by atoms with van der Waals surface area (Å²) in [4.78, 5) is 14.2. The van der Waals surface area contributed by atoms with Crippen LogP contribution in [0.4, 0.5) is 5.82 Å². The van der Waals surface area contributed by atoms with Gasteiger partial charge in [-0.15, -0.1) is 0 Å². The summed E-state index contributed by atoms with van der Waals surface area (Å²) in [6.07, 6.45) is 0.848. The van der Waals surface area contributed by atoms with E-state index in [1.54, 1.807) is 7.11 Å². The molecule has 106 valence electrons. The summed E-state index contributed by atoms with van der Waals surface area (Å²) in [6.45, 7) is 0.673. The van der Waals surface area contributed by atoms with Gasteiger partial charge in [-0.1, -0.05) is 36.4 Å². The highest BCUT2D eigenvalue weighted by molar-refractivity contribution is 6.03. The molecule has 0 aliphatic heterocycles. The molecule has 4 heteroatoms. The molecular weight excluding hydrogens is 264 g/mol. The number of aromatic amines is 1. The van der Waals surface area contributed by atoms with E-state index in [2.05, 4.69) is 10.3 Å². The summed E-state index contributed by atoms with van der Waals surface area (Å²) in [6, 6.07) is 15.7. The van der Waals surface area contributed by atoms with Crippen LogP contribution in [0.1, 0.15) is 16.1 Å². The quantitative estimate of drug-likeness (QED) is 0.702. The number of hydrogen-bond acceptors (Lipinski definition) is 3. The first-order valence-electron chi connectivity index (χ1n) is 6.74. The Hall–Kier alpha value is -2.75. The normalized spacial score (nSPS) is 10.5. The largest absolute Gasteiger partial charge is 0.497 e. The lowest BCUT2D eigenvalue weighted by atomic mass is 10.2. The fraction of sp³-hybridized carbons (Fsp3) is 0.118. The fourth-order valence-electron chi connectivity index (χ4n) is 2.37. The van der Waals surface area contributed by atoms with Crippen LogP contribution in [-0.4, -0.2) is 18.4 Å². The number of benzene rings is 2. The summed E-state index contributed by atoms with van der Waals surface area (Å²) in [5.74, 6) is 1.70. The Bertz CT molecular complexity index is 760. The maximum absolute atomic E-state index is 11.1. The molecule has 2 aromatic carbocycles. The second-order valence-electron chi connectivity index (χ2n) is 4.78. The first-order valence-corrected chi connectivity index (χ1v) is 6.74. The van der Waals surface area contributed by atoms with Crippen molar-refractivity contribution in [2.75, 3.05) is 12.4 Å². The van der Waals surface area contributed by atoms with Crippen LogP contribution in [0.5, 0.6) is 5.75 Å². The van der Waals surface area contributed by atoms with Gasteiger partial charge in [0, 0.05) is 17.3 Å².